The predicted octanol–water partition coefficient (Wildman–Crippen LogP) is 4.91. The van der Waals surface area contributed by atoms with Crippen molar-refractivity contribution >= 4 is 46.1 Å². The molecule has 1 fully saturated rings. The molecule has 2 heterocycles. The van der Waals surface area contributed by atoms with E-state index in [0.717, 1.165) is 48.4 Å². The van der Waals surface area contributed by atoms with E-state index in [-0.39, 0.29) is 17.2 Å². The van der Waals surface area contributed by atoms with Crippen molar-refractivity contribution < 1.29 is 9.72 Å². The molecule has 1 N–H and O–H groups in total. The number of anilines is 2. The van der Waals surface area contributed by atoms with Gasteiger partial charge in [-0.05, 0) is 37.7 Å². The summed E-state index contributed by atoms with van der Waals surface area (Å²) in [6.45, 7) is 8.78. The highest BCUT2D eigenvalue weighted by Crippen LogP contribution is 2.37. The molecule has 1 amide bonds. The van der Waals surface area contributed by atoms with E-state index < -0.39 is 4.92 Å². The zero-order valence-electron chi connectivity index (χ0n) is 18.5. The number of amides is 1. The fraction of sp³-hybridized carbons (Fsp3) is 0.304. The van der Waals surface area contributed by atoms with Gasteiger partial charge in [0, 0.05) is 48.9 Å². The normalized spacial score (nSPS) is 14.3. The van der Waals surface area contributed by atoms with Gasteiger partial charge in [-0.25, -0.2) is 4.98 Å². The maximum Gasteiger partial charge on any atom is 0.284 e. The van der Waals surface area contributed by atoms with Gasteiger partial charge in [-0.1, -0.05) is 30.8 Å². The average molecular weight is 484 g/mol. The average Bonchev–Trinajstić information content (AvgIpc) is 3.24. The molecule has 172 valence electrons. The lowest BCUT2D eigenvalue weighted by molar-refractivity contribution is -0.387. The Morgan fingerprint density at radius 1 is 1.21 bits per heavy atom. The number of hydrogen-bond donors (Lipinski definition) is 1. The van der Waals surface area contributed by atoms with Crippen molar-refractivity contribution in [3.63, 3.8) is 0 Å². The van der Waals surface area contributed by atoms with E-state index >= 15 is 0 Å². The Morgan fingerprint density at radius 2 is 1.97 bits per heavy atom. The summed E-state index contributed by atoms with van der Waals surface area (Å²) in [6.07, 6.45) is 0. The highest BCUT2D eigenvalue weighted by molar-refractivity contribution is 8.01. The predicted molar refractivity (Wildman–Crippen MR) is 133 cm³/mol. The van der Waals surface area contributed by atoms with Gasteiger partial charge in [-0.2, -0.15) is 0 Å². The Labute approximate surface area is 200 Å². The number of thiazole rings is 1. The number of nitro groups is 1. The number of likely N-dealkylation sites (N-methyl/N-ethyl adjacent to an activating group) is 1. The molecule has 3 aromatic rings. The quantitative estimate of drug-likeness (QED) is 0.377. The first-order valence-corrected chi connectivity index (χ1v) is 12.4. The fourth-order valence-corrected chi connectivity index (χ4v) is 5.59. The van der Waals surface area contributed by atoms with Gasteiger partial charge in [0.05, 0.1) is 21.2 Å². The number of para-hydroxylation sites is 2. The lowest BCUT2D eigenvalue weighted by Gasteiger charge is -2.36. The van der Waals surface area contributed by atoms with E-state index in [1.54, 1.807) is 12.1 Å². The van der Waals surface area contributed by atoms with Crippen LogP contribution < -0.4 is 10.2 Å². The van der Waals surface area contributed by atoms with Crippen LogP contribution in [0.25, 0.3) is 0 Å². The molecule has 0 saturated carbocycles. The van der Waals surface area contributed by atoms with Gasteiger partial charge >= 0.3 is 0 Å². The van der Waals surface area contributed by atoms with Gasteiger partial charge in [-0.3, -0.25) is 14.9 Å². The summed E-state index contributed by atoms with van der Waals surface area (Å²) in [7, 11) is 0. The van der Waals surface area contributed by atoms with Gasteiger partial charge in [0.2, 0.25) is 0 Å². The molecule has 1 aliphatic rings. The standard InChI is InChI=1S/C23H25N5O3S2/c1-3-26-10-12-27(13-11-26)19-7-5-4-6-18(19)25-22(29)17-8-9-21(20(14-17)28(30)31)33-23-24-16(2)15-32-23/h4-9,14-15H,3,10-13H2,1-2H3,(H,25,29). The minimum absolute atomic E-state index is 0.107. The smallest absolute Gasteiger partial charge is 0.284 e. The van der Waals surface area contributed by atoms with Crippen LogP contribution in [-0.2, 0) is 0 Å². The van der Waals surface area contributed by atoms with E-state index in [9.17, 15) is 14.9 Å². The summed E-state index contributed by atoms with van der Waals surface area (Å²) in [6, 6.07) is 12.3. The third-order valence-corrected chi connectivity index (χ3v) is 7.65. The molecule has 0 unspecified atom stereocenters. The number of nitrogens with zero attached hydrogens (tertiary/aromatic N) is 4. The molecule has 0 aliphatic carbocycles. The largest absolute Gasteiger partial charge is 0.367 e. The van der Waals surface area contributed by atoms with Crippen molar-refractivity contribution in [1.29, 1.82) is 0 Å². The molecule has 0 radical (unpaired) electrons. The van der Waals surface area contributed by atoms with Crippen LogP contribution in [0.2, 0.25) is 0 Å². The number of nitrogens with one attached hydrogen (secondary N) is 1. The van der Waals surface area contributed by atoms with Crippen LogP contribution in [0.1, 0.15) is 23.0 Å². The van der Waals surface area contributed by atoms with Gasteiger partial charge < -0.3 is 15.1 Å². The molecule has 0 bridgehead atoms. The van der Waals surface area contributed by atoms with Crippen molar-refractivity contribution in [2.24, 2.45) is 0 Å². The van der Waals surface area contributed by atoms with E-state index in [4.69, 9.17) is 0 Å². The van der Waals surface area contributed by atoms with Crippen LogP contribution >= 0.6 is 23.1 Å². The van der Waals surface area contributed by atoms with Crippen LogP contribution in [-0.4, -0.2) is 53.4 Å². The molecular weight excluding hydrogens is 458 g/mol. The second kappa shape index (κ2) is 10.3. The Hall–Kier alpha value is -2.95. The van der Waals surface area contributed by atoms with Crippen molar-refractivity contribution in [2.45, 2.75) is 23.1 Å². The van der Waals surface area contributed by atoms with Gasteiger partial charge in [-0.15, -0.1) is 11.3 Å². The first-order valence-electron chi connectivity index (χ1n) is 10.7. The maximum absolute atomic E-state index is 13.0. The molecule has 0 spiro atoms. The van der Waals surface area contributed by atoms with Crippen molar-refractivity contribution in [3.05, 3.63) is 69.2 Å². The molecule has 4 rings (SSSR count). The zero-order chi connectivity index (χ0) is 23.4. The summed E-state index contributed by atoms with van der Waals surface area (Å²) in [5, 5.41) is 16.5. The SMILES string of the molecule is CCN1CCN(c2ccccc2NC(=O)c2ccc(Sc3nc(C)cs3)c([N+](=O)[O-])c2)CC1. The minimum atomic E-state index is -0.458. The van der Waals surface area contributed by atoms with Gasteiger partial charge in [0.1, 0.15) is 0 Å². The second-order valence-electron chi connectivity index (χ2n) is 7.69. The third-order valence-electron chi connectivity index (χ3n) is 5.53. The molecule has 1 aromatic heterocycles. The number of carbonyl (C=O) groups is 1. The van der Waals surface area contributed by atoms with Crippen LogP contribution in [0, 0.1) is 17.0 Å². The third kappa shape index (κ3) is 5.52. The molecule has 8 nitrogen and oxygen atoms in total. The topological polar surface area (TPSA) is 91.6 Å². The number of aromatic nitrogens is 1. The van der Waals surface area contributed by atoms with E-state index in [1.165, 1.54) is 29.2 Å². The molecular formula is C23H25N5O3S2. The van der Waals surface area contributed by atoms with Crippen molar-refractivity contribution in [3.8, 4) is 0 Å². The molecule has 2 aromatic carbocycles. The highest BCUT2D eigenvalue weighted by Gasteiger charge is 2.22. The zero-order valence-corrected chi connectivity index (χ0v) is 20.1. The maximum atomic E-state index is 13.0. The van der Waals surface area contributed by atoms with Crippen LogP contribution in [0.15, 0.2) is 57.1 Å². The highest BCUT2D eigenvalue weighted by atomic mass is 32.2. The van der Waals surface area contributed by atoms with Gasteiger partial charge in [0.15, 0.2) is 4.34 Å². The monoisotopic (exact) mass is 483 g/mol. The summed E-state index contributed by atoms with van der Waals surface area (Å²) in [4.78, 5) is 33.7. The van der Waals surface area contributed by atoms with E-state index in [0.29, 0.717) is 10.6 Å². The van der Waals surface area contributed by atoms with Crippen LogP contribution in [0.5, 0.6) is 0 Å². The number of aryl methyl sites for hydroxylation is 1. The Balaban J connectivity index is 1.53. The number of hydrogen-bond acceptors (Lipinski definition) is 8. The first kappa shape index (κ1) is 23.2. The molecule has 1 saturated heterocycles. The van der Waals surface area contributed by atoms with Gasteiger partial charge in [0.25, 0.3) is 11.6 Å². The lowest BCUT2D eigenvalue weighted by Crippen LogP contribution is -2.46. The first-order chi connectivity index (χ1) is 15.9. The lowest BCUT2D eigenvalue weighted by atomic mass is 10.1. The number of benzene rings is 2. The number of piperazine rings is 1. The summed E-state index contributed by atoms with van der Waals surface area (Å²) >= 11 is 2.67. The molecule has 10 heteroatoms. The van der Waals surface area contributed by atoms with Crippen LogP contribution in [0.3, 0.4) is 0 Å². The molecule has 0 atom stereocenters. The summed E-state index contributed by atoms with van der Waals surface area (Å²) in [5.74, 6) is -0.376. The van der Waals surface area contributed by atoms with Crippen molar-refractivity contribution in [2.75, 3.05) is 42.9 Å². The van der Waals surface area contributed by atoms with E-state index in [2.05, 4.69) is 27.0 Å². The number of carbonyl (C=O) groups excluding carboxylic acids is 1. The number of nitro benzene ring substituents is 1. The van der Waals surface area contributed by atoms with E-state index in [1.807, 2.05) is 36.6 Å². The number of rotatable bonds is 7. The van der Waals surface area contributed by atoms with Crippen LogP contribution in [0.4, 0.5) is 17.1 Å². The fourth-order valence-electron chi connectivity index (χ4n) is 3.72. The summed E-state index contributed by atoms with van der Waals surface area (Å²) < 4.78 is 0.727. The Morgan fingerprint density at radius 3 is 2.64 bits per heavy atom. The van der Waals surface area contributed by atoms with Crippen molar-refractivity contribution in [1.82, 2.24) is 9.88 Å². The molecule has 33 heavy (non-hydrogen) atoms. The Bertz CT molecular complexity index is 1160. The Kier molecular flexibility index (Phi) is 7.26. The summed E-state index contributed by atoms with van der Waals surface area (Å²) in [5.41, 5.74) is 2.67. The second-order valence-corrected chi connectivity index (χ2v) is 9.84. The molecule has 1 aliphatic heterocycles. The minimum Gasteiger partial charge on any atom is -0.367 e.